The highest BCUT2D eigenvalue weighted by Gasteiger charge is 2.41. The Hall–Kier alpha value is -2.81. The van der Waals surface area contributed by atoms with Gasteiger partial charge in [-0.1, -0.05) is 12.1 Å². The number of nitrogens with zero attached hydrogens (tertiary/aromatic N) is 5. The summed E-state index contributed by atoms with van der Waals surface area (Å²) in [5.41, 5.74) is 5.80. The van der Waals surface area contributed by atoms with Crippen molar-refractivity contribution in [1.29, 1.82) is 0 Å². The molecule has 5 rings (SSSR count). The highest BCUT2D eigenvalue weighted by atomic mass is 32.1. The van der Waals surface area contributed by atoms with Crippen molar-refractivity contribution in [3.05, 3.63) is 77.0 Å². The monoisotopic (exact) mass is 490 g/mol. The fraction of sp³-hybridized carbons (Fsp3) is 0.444. The summed E-state index contributed by atoms with van der Waals surface area (Å²) in [7, 11) is 0. The number of hydrogen-bond acceptors (Lipinski definition) is 5. The van der Waals surface area contributed by atoms with Crippen LogP contribution in [0.1, 0.15) is 46.7 Å². The molecule has 184 valence electrons. The molecule has 0 bridgehead atoms. The summed E-state index contributed by atoms with van der Waals surface area (Å²) in [6, 6.07) is 12.5. The number of pyridine rings is 2. The lowest BCUT2D eigenvalue weighted by molar-refractivity contribution is 0.0365. The average Bonchev–Trinajstić information content (AvgIpc) is 3.35. The van der Waals surface area contributed by atoms with Crippen LogP contribution in [-0.4, -0.2) is 68.8 Å². The second-order valence-corrected chi connectivity index (χ2v) is 9.82. The van der Waals surface area contributed by atoms with Gasteiger partial charge in [0.15, 0.2) is 5.11 Å². The first-order valence-corrected chi connectivity index (χ1v) is 12.8. The fourth-order valence-corrected chi connectivity index (χ4v) is 5.73. The van der Waals surface area contributed by atoms with Crippen molar-refractivity contribution in [2.75, 3.05) is 39.4 Å². The average molecular weight is 491 g/mol. The molecule has 0 aromatic carbocycles. The molecule has 8 heteroatoms. The topological polar surface area (TPSA) is 58.5 Å². The first kappa shape index (κ1) is 23.9. The molecule has 35 heavy (non-hydrogen) atoms. The molecule has 7 nitrogen and oxygen atoms in total. The molecule has 0 radical (unpaired) electrons. The molecule has 2 aliphatic rings. The molecule has 0 amide bonds. The van der Waals surface area contributed by atoms with E-state index in [0.717, 1.165) is 68.0 Å². The van der Waals surface area contributed by atoms with Crippen molar-refractivity contribution in [3.63, 3.8) is 0 Å². The molecule has 2 saturated heterocycles. The van der Waals surface area contributed by atoms with E-state index in [4.69, 9.17) is 26.9 Å². The van der Waals surface area contributed by atoms with Crippen molar-refractivity contribution in [3.8, 4) is 5.82 Å². The van der Waals surface area contributed by atoms with Gasteiger partial charge in [0.1, 0.15) is 5.82 Å². The fourth-order valence-electron chi connectivity index (χ4n) is 5.40. The van der Waals surface area contributed by atoms with Crippen LogP contribution >= 0.6 is 12.2 Å². The Morgan fingerprint density at radius 2 is 1.83 bits per heavy atom. The zero-order valence-electron chi connectivity index (χ0n) is 20.8. The van der Waals surface area contributed by atoms with Crippen LogP contribution in [0.25, 0.3) is 5.82 Å². The van der Waals surface area contributed by atoms with E-state index in [0.29, 0.717) is 0 Å². The zero-order valence-corrected chi connectivity index (χ0v) is 21.6. The predicted molar refractivity (Wildman–Crippen MR) is 142 cm³/mol. The number of thiocarbonyl (C=S) groups is 1. The zero-order chi connectivity index (χ0) is 24.4. The second kappa shape index (κ2) is 10.4. The van der Waals surface area contributed by atoms with Crippen molar-refractivity contribution < 1.29 is 4.74 Å². The van der Waals surface area contributed by atoms with Gasteiger partial charge in [-0.3, -0.25) is 9.88 Å². The Morgan fingerprint density at radius 1 is 1.03 bits per heavy atom. The predicted octanol–water partition coefficient (Wildman–Crippen LogP) is 3.89. The van der Waals surface area contributed by atoms with Crippen LogP contribution in [0, 0.1) is 20.8 Å². The van der Waals surface area contributed by atoms with Gasteiger partial charge in [0.05, 0.1) is 31.0 Å². The number of aromatic nitrogens is 3. The quantitative estimate of drug-likeness (QED) is 0.504. The number of aryl methyl sites for hydroxylation is 2. The van der Waals surface area contributed by atoms with Crippen LogP contribution in [0.2, 0.25) is 0 Å². The molecule has 0 aliphatic carbocycles. The minimum atomic E-state index is -0.00846. The highest BCUT2D eigenvalue weighted by molar-refractivity contribution is 7.80. The van der Waals surface area contributed by atoms with Crippen molar-refractivity contribution in [1.82, 2.24) is 29.7 Å². The molecule has 0 saturated carbocycles. The van der Waals surface area contributed by atoms with E-state index in [9.17, 15) is 0 Å². The number of nitrogens with one attached hydrogen (secondary N) is 1. The lowest BCUT2D eigenvalue weighted by Crippen LogP contribution is -2.39. The van der Waals surface area contributed by atoms with Gasteiger partial charge in [0, 0.05) is 50.0 Å². The lowest BCUT2D eigenvalue weighted by Gasteiger charge is -2.30. The van der Waals surface area contributed by atoms with Gasteiger partial charge < -0.3 is 19.5 Å². The molecule has 0 spiro atoms. The summed E-state index contributed by atoms with van der Waals surface area (Å²) < 4.78 is 7.78. The van der Waals surface area contributed by atoms with Crippen molar-refractivity contribution in [2.24, 2.45) is 0 Å². The largest absolute Gasteiger partial charge is 0.379 e. The Bertz CT molecular complexity index is 1170. The third-order valence-electron chi connectivity index (χ3n) is 7.16. The van der Waals surface area contributed by atoms with Crippen LogP contribution in [0.5, 0.6) is 0 Å². The molecule has 3 aromatic rings. The Kier molecular flexibility index (Phi) is 7.13. The molecule has 2 fully saturated rings. The molecular weight excluding hydrogens is 456 g/mol. The van der Waals surface area contributed by atoms with Crippen LogP contribution in [-0.2, 0) is 4.74 Å². The number of morpholine rings is 1. The lowest BCUT2D eigenvalue weighted by atomic mass is 9.96. The van der Waals surface area contributed by atoms with Gasteiger partial charge in [-0.15, -0.1) is 0 Å². The van der Waals surface area contributed by atoms with Crippen LogP contribution in [0.15, 0.2) is 48.8 Å². The van der Waals surface area contributed by atoms with Crippen molar-refractivity contribution in [2.45, 2.75) is 39.3 Å². The third kappa shape index (κ3) is 4.83. The molecule has 2 atom stereocenters. The smallest absolute Gasteiger partial charge is 0.170 e. The summed E-state index contributed by atoms with van der Waals surface area (Å²) >= 11 is 5.90. The first-order valence-electron chi connectivity index (χ1n) is 12.4. The van der Waals surface area contributed by atoms with E-state index in [1.165, 1.54) is 17.0 Å². The van der Waals surface area contributed by atoms with Gasteiger partial charge in [0.25, 0.3) is 0 Å². The molecule has 0 unspecified atom stereocenters. The number of hydrogen-bond donors (Lipinski definition) is 1. The van der Waals surface area contributed by atoms with Gasteiger partial charge in [-0.2, -0.15) is 0 Å². The maximum atomic E-state index is 5.90. The molecular formula is C27H34N6OS. The van der Waals surface area contributed by atoms with Gasteiger partial charge in [0.2, 0.25) is 0 Å². The Balaban J connectivity index is 1.48. The van der Waals surface area contributed by atoms with E-state index >= 15 is 0 Å². The standard InChI is InChI=1S/C27H34N6OS/c1-19-8-6-11-29-26(19)33-20(2)18-22(21(33)3)25-24(23-9-4-5-10-28-23)30-27(35)32(25)13-7-12-31-14-16-34-17-15-31/h4-6,8-11,18,24-25H,7,12-17H2,1-3H3,(H,30,35)/t24-,25+/m0/s1. The maximum absolute atomic E-state index is 5.90. The van der Waals surface area contributed by atoms with E-state index < -0.39 is 0 Å². The minimum Gasteiger partial charge on any atom is -0.379 e. The van der Waals surface area contributed by atoms with Crippen LogP contribution in [0.3, 0.4) is 0 Å². The summed E-state index contributed by atoms with van der Waals surface area (Å²) in [4.78, 5) is 14.3. The number of ether oxygens (including phenoxy) is 1. The van der Waals surface area contributed by atoms with E-state index in [-0.39, 0.29) is 12.1 Å². The first-order chi connectivity index (χ1) is 17.0. The number of rotatable bonds is 7. The maximum Gasteiger partial charge on any atom is 0.170 e. The summed E-state index contributed by atoms with van der Waals surface area (Å²) in [5.74, 6) is 0.982. The summed E-state index contributed by atoms with van der Waals surface area (Å²) in [5, 5.41) is 4.40. The molecule has 5 heterocycles. The van der Waals surface area contributed by atoms with Gasteiger partial charge in [-0.25, -0.2) is 4.98 Å². The Labute approximate surface area is 213 Å². The van der Waals surface area contributed by atoms with Crippen molar-refractivity contribution >= 4 is 17.3 Å². The highest BCUT2D eigenvalue weighted by Crippen LogP contribution is 2.41. The SMILES string of the molecule is Cc1cccnc1-n1c(C)cc([C@@H]2[C@H](c3ccccn3)NC(=S)N2CCCN2CCOCC2)c1C. The van der Waals surface area contributed by atoms with E-state index in [2.05, 4.69) is 58.7 Å². The molecule has 1 N–H and O–H groups in total. The minimum absolute atomic E-state index is 0.00846. The van der Waals surface area contributed by atoms with E-state index in [1.54, 1.807) is 0 Å². The molecule has 2 aliphatic heterocycles. The Morgan fingerprint density at radius 3 is 2.57 bits per heavy atom. The molecule has 3 aromatic heterocycles. The van der Waals surface area contributed by atoms with Gasteiger partial charge in [-0.05, 0) is 74.8 Å². The van der Waals surface area contributed by atoms with Gasteiger partial charge >= 0.3 is 0 Å². The third-order valence-corrected chi connectivity index (χ3v) is 7.51. The summed E-state index contributed by atoms with van der Waals surface area (Å²) in [6.07, 6.45) is 4.77. The summed E-state index contributed by atoms with van der Waals surface area (Å²) in [6.45, 7) is 12.1. The van der Waals surface area contributed by atoms with Crippen LogP contribution < -0.4 is 5.32 Å². The van der Waals surface area contributed by atoms with E-state index in [1.807, 2.05) is 30.6 Å². The second-order valence-electron chi connectivity index (χ2n) is 9.43. The normalized spacial score (nSPS) is 20.9. The van der Waals surface area contributed by atoms with Crippen LogP contribution in [0.4, 0.5) is 0 Å².